The van der Waals surface area contributed by atoms with Gasteiger partial charge in [0.25, 0.3) is 5.91 Å². The molecule has 2 rings (SSSR count). The maximum atomic E-state index is 12.3. The van der Waals surface area contributed by atoms with Crippen LogP contribution in [0.15, 0.2) is 0 Å². The Morgan fingerprint density at radius 1 is 1.33 bits per heavy atom. The minimum absolute atomic E-state index is 0.0606. The molecule has 1 N–H and O–H groups in total. The summed E-state index contributed by atoms with van der Waals surface area (Å²) in [7, 11) is 0. The van der Waals surface area contributed by atoms with Crippen LogP contribution >= 0.6 is 0 Å². The van der Waals surface area contributed by atoms with Gasteiger partial charge in [-0.25, -0.2) is 4.79 Å². The lowest BCUT2D eigenvalue weighted by atomic mass is 10.1. The molecule has 7 heteroatoms. The van der Waals surface area contributed by atoms with Crippen molar-refractivity contribution in [3.05, 3.63) is 0 Å². The molecule has 2 aliphatic heterocycles. The monoisotopic (exact) mass is 301 g/mol. The zero-order chi connectivity index (χ0) is 15.2. The number of ether oxygens (including phenoxy) is 3. The molecule has 2 heterocycles. The van der Waals surface area contributed by atoms with Crippen molar-refractivity contribution >= 4 is 11.9 Å². The summed E-state index contributed by atoms with van der Waals surface area (Å²) in [5.41, 5.74) is 0. The molecule has 0 aromatic rings. The van der Waals surface area contributed by atoms with Gasteiger partial charge in [-0.1, -0.05) is 0 Å². The second kappa shape index (κ2) is 7.72. The Morgan fingerprint density at radius 3 is 2.81 bits per heavy atom. The van der Waals surface area contributed by atoms with Crippen LogP contribution in [0.2, 0.25) is 0 Å². The summed E-state index contributed by atoms with van der Waals surface area (Å²) in [6.45, 7) is 3.55. The van der Waals surface area contributed by atoms with E-state index in [2.05, 4.69) is 0 Å². The van der Waals surface area contributed by atoms with Gasteiger partial charge in [0.05, 0.1) is 25.9 Å². The highest BCUT2D eigenvalue weighted by Gasteiger charge is 2.31. The van der Waals surface area contributed by atoms with Gasteiger partial charge in [0.1, 0.15) is 6.10 Å². The highest BCUT2D eigenvalue weighted by Crippen LogP contribution is 2.14. The molecular formula is C14H23NO6. The summed E-state index contributed by atoms with van der Waals surface area (Å²) >= 11 is 0. The summed E-state index contributed by atoms with van der Waals surface area (Å²) in [6, 6.07) is 0. The predicted octanol–water partition coefficient (Wildman–Crippen LogP) is 0.273. The highest BCUT2D eigenvalue weighted by molar-refractivity contribution is 5.82. The molecule has 0 unspecified atom stereocenters. The van der Waals surface area contributed by atoms with Crippen molar-refractivity contribution in [2.24, 2.45) is 0 Å². The summed E-state index contributed by atoms with van der Waals surface area (Å²) in [4.78, 5) is 24.7. The van der Waals surface area contributed by atoms with Crippen molar-refractivity contribution in [1.29, 1.82) is 0 Å². The molecule has 21 heavy (non-hydrogen) atoms. The third-order valence-corrected chi connectivity index (χ3v) is 3.81. The molecule has 0 bridgehead atoms. The van der Waals surface area contributed by atoms with Gasteiger partial charge in [0.15, 0.2) is 6.10 Å². The number of hydrogen-bond acceptors (Lipinski definition) is 5. The average Bonchev–Trinajstić information content (AvgIpc) is 2.53. The van der Waals surface area contributed by atoms with E-state index in [9.17, 15) is 9.59 Å². The van der Waals surface area contributed by atoms with Crippen LogP contribution < -0.4 is 0 Å². The molecule has 0 aromatic heterocycles. The van der Waals surface area contributed by atoms with Crippen LogP contribution in [0.5, 0.6) is 0 Å². The Hall–Kier alpha value is -1.18. The first kappa shape index (κ1) is 16.2. The first-order valence-corrected chi connectivity index (χ1v) is 7.44. The standard InChI is InChI=1S/C14H23NO6/c1-10(21-9-11-4-2-3-6-19-11)13(16)15-5-7-20-12(8-15)14(17)18/h10-12H,2-9H2,1H3,(H,17,18)/t10-,11-,12-/m0/s1. The normalized spacial score (nSPS) is 28.1. The molecule has 2 fully saturated rings. The molecule has 0 saturated carbocycles. The number of carbonyl (C=O) groups excluding carboxylic acids is 1. The van der Waals surface area contributed by atoms with Crippen LogP contribution in [0.4, 0.5) is 0 Å². The Balaban J connectivity index is 1.76. The molecule has 2 saturated heterocycles. The topological polar surface area (TPSA) is 85.3 Å². The Morgan fingerprint density at radius 2 is 2.14 bits per heavy atom. The Kier molecular flexibility index (Phi) is 5.96. The minimum Gasteiger partial charge on any atom is -0.479 e. The molecule has 120 valence electrons. The number of amides is 1. The Labute approximate surface area is 124 Å². The van der Waals surface area contributed by atoms with E-state index in [-0.39, 0.29) is 25.2 Å². The fraction of sp³-hybridized carbons (Fsp3) is 0.857. The summed E-state index contributed by atoms with van der Waals surface area (Å²) in [5.74, 6) is -1.24. The van der Waals surface area contributed by atoms with Crippen LogP contribution in [0.3, 0.4) is 0 Å². The molecule has 7 nitrogen and oxygen atoms in total. The van der Waals surface area contributed by atoms with Crippen molar-refractivity contribution in [2.45, 2.75) is 44.5 Å². The molecule has 0 aromatic carbocycles. The largest absolute Gasteiger partial charge is 0.479 e. The van der Waals surface area contributed by atoms with E-state index < -0.39 is 18.2 Å². The fourth-order valence-electron chi connectivity index (χ4n) is 2.52. The average molecular weight is 301 g/mol. The van der Waals surface area contributed by atoms with Crippen molar-refractivity contribution in [3.8, 4) is 0 Å². The van der Waals surface area contributed by atoms with Gasteiger partial charge in [-0.3, -0.25) is 4.79 Å². The summed E-state index contributed by atoms with van der Waals surface area (Å²) in [6.07, 6.45) is 1.68. The van der Waals surface area contributed by atoms with Gasteiger partial charge in [0.2, 0.25) is 0 Å². The van der Waals surface area contributed by atoms with Crippen LogP contribution in [0, 0.1) is 0 Å². The number of carboxylic acid groups (broad SMARTS) is 1. The maximum absolute atomic E-state index is 12.3. The highest BCUT2D eigenvalue weighted by atomic mass is 16.5. The van der Waals surface area contributed by atoms with E-state index in [0.717, 1.165) is 25.9 Å². The molecule has 3 atom stereocenters. The van der Waals surface area contributed by atoms with Crippen molar-refractivity contribution in [1.82, 2.24) is 4.90 Å². The lowest BCUT2D eigenvalue weighted by molar-refractivity contribution is -0.164. The number of carbonyl (C=O) groups is 2. The van der Waals surface area contributed by atoms with Crippen LogP contribution in [-0.4, -0.2) is 73.1 Å². The van der Waals surface area contributed by atoms with Gasteiger partial charge in [-0.15, -0.1) is 0 Å². The van der Waals surface area contributed by atoms with Crippen LogP contribution in [0.1, 0.15) is 26.2 Å². The van der Waals surface area contributed by atoms with Crippen molar-refractivity contribution in [3.63, 3.8) is 0 Å². The molecule has 2 aliphatic rings. The molecule has 0 spiro atoms. The smallest absolute Gasteiger partial charge is 0.334 e. The lowest BCUT2D eigenvalue weighted by Crippen LogP contribution is -2.51. The lowest BCUT2D eigenvalue weighted by Gasteiger charge is -2.33. The Bertz CT molecular complexity index is 368. The SMILES string of the molecule is C[C@H](OC[C@@H]1CCCCO1)C(=O)N1CCO[C@H](C(=O)O)C1. The summed E-state index contributed by atoms with van der Waals surface area (Å²) in [5, 5.41) is 8.94. The van der Waals surface area contributed by atoms with Gasteiger partial charge in [-0.05, 0) is 26.2 Å². The first-order chi connectivity index (χ1) is 10.1. The van der Waals surface area contributed by atoms with E-state index >= 15 is 0 Å². The molecule has 0 aliphatic carbocycles. The second-order valence-corrected chi connectivity index (χ2v) is 5.45. The molecular weight excluding hydrogens is 278 g/mol. The van der Waals surface area contributed by atoms with E-state index in [1.54, 1.807) is 6.92 Å². The third-order valence-electron chi connectivity index (χ3n) is 3.81. The van der Waals surface area contributed by atoms with Crippen molar-refractivity contribution in [2.75, 3.05) is 32.9 Å². The number of aliphatic carboxylic acids is 1. The van der Waals surface area contributed by atoms with Crippen LogP contribution in [-0.2, 0) is 23.8 Å². The number of carboxylic acids is 1. The quantitative estimate of drug-likeness (QED) is 0.784. The maximum Gasteiger partial charge on any atom is 0.334 e. The fourth-order valence-corrected chi connectivity index (χ4v) is 2.52. The number of nitrogens with zero attached hydrogens (tertiary/aromatic N) is 1. The first-order valence-electron chi connectivity index (χ1n) is 7.44. The zero-order valence-corrected chi connectivity index (χ0v) is 12.3. The molecule has 1 amide bonds. The number of morpholine rings is 1. The van der Waals surface area contributed by atoms with Crippen LogP contribution in [0.25, 0.3) is 0 Å². The number of hydrogen-bond donors (Lipinski definition) is 1. The van der Waals surface area contributed by atoms with Crippen molar-refractivity contribution < 1.29 is 28.9 Å². The second-order valence-electron chi connectivity index (χ2n) is 5.45. The van der Waals surface area contributed by atoms with Gasteiger partial charge in [0, 0.05) is 13.2 Å². The van der Waals surface area contributed by atoms with E-state index in [4.69, 9.17) is 19.3 Å². The zero-order valence-electron chi connectivity index (χ0n) is 12.3. The van der Waals surface area contributed by atoms with Gasteiger partial charge < -0.3 is 24.2 Å². The third kappa shape index (κ3) is 4.66. The predicted molar refractivity (Wildman–Crippen MR) is 73.0 cm³/mol. The molecule has 0 radical (unpaired) electrons. The van der Waals surface area contributed by atoms with E-state index in [1.807, 2.05) is 0 Å². The number of rotatable bonds is 5. The van der Waals surface area contributed by atoms with E-state index in [0.29, 0.717) is 13.2 Å². The van der Waals surface area contributed by atoms with Gasteiger partial charge >= 0.3 is 5.97 Å². The van der Waals surface area contributed by atoms with E-state index in [1.165, 1.54) is 4.90 Å². The summed E-state index contributed by atoms with van der Waals surface area (Å²) < 4.78 is 16.2. The van der Waals surface area contributed by atoms with Gasteiger partial charge in [-0.2, -0.15) is 0 Å². The minimum atomic E-state index is -1.04.